The number of nitrogens with one attached hydrogen (secondary N) is 1. The first kappa shape index (κ1) is 25.8. The average molecular weight is 578 g/mol. The second kappa shape index (κ2) is 10.2. The van der Waals surface area contributed by atoms with E-state index in [4.69, 9.17) is 4.98 Å². The Labute approximate surface area is 261 Å². The molecule has 0 saturated carbocycles. The summed E-state index contributed by atoms with van der Waals surface area (Å²) >= 11 is 0. The van der Waals surface area contributed by atoms with Gasteiger partial charge in [0, 0.05) is 38.3 Å². The second-order valence-corrected chi connectivity index (χ2v) is 12.2. The fourth-order valence-electron chi connectivity index (χ4n) is 6.98. The Morgan fingerprint density at radius 1 is 0.644 bits per heavy atom. The molecule has 1 N–H and O–H groups in total. The lowest BCUT2D eigenvalue weighted by molar-refractivity contribution is 0.738. The van der Waals surface area contributed by atoms with Gasteiger partial charge >= 0.3 is 0 Å². The van der Waals surface area contributed by atoms with E-state index in [1.807, 2.05) is 0 Å². The summed E-state index contributed by atoms with van der Waals surface area (Å²) in [5, 5.41) is 4.99. The molecule has 0 saturated heterocycles. The molecule has 0 radical (unpaired) electrons. The molecule has 0 bridgehead atoms. The molecule has 0 amide bonds. The summed E-state index contributed by atoms with van der Waals surface area (Å²) in [5.41, 5.74) is 12.5. The lowest BCUT2D eigenvalue weighted by Crippen LogP contribution is -1.99. The monoisotopic (exact) mass is 577 g/mol. The topological polar surface area (TPSA) is 33.6 Å². The molecule has 0 spiro atoms. The van der Waals surface area contributed by atoms with Gasteiger partial charge in [0.2, 0.25) is 0 Å². The summed E-state index contributed by atoms with van der Waals surface area (Å²) in [6.45, 7) is 2.26. The van der Waals surface area contributed by atoms with Crippen LogP contribution in [0.3, 0.4) is 0 Å². The Hall–Kier alpha value is -5.67. The standard InChI is InChI=1S/C42H31N3/c1-27-18-20-29(21-19-27)39-26-31(25-38(43-39)28-10-3-2-4-11-28)30-12-9-13-32(24-30)45-40-17-8-6-15-34(40)36-23-22-35-33-14-5-7-16-37(33)44-41(35)42(36)45/h2-18,20-27,44H,19H2,1H3. The summed E-state index contributed by atoms with van der Waals surface area (Å²) in [5.74, 6) is 0.553. The molecule has 3 nitrogen and oxygen atoms in total. The Balaban J connectivity index is 1.28. The molecule has 3 aromatic heterocycles. The fourth-order valence-corrected chi connectivity index (χ4v) is 6.98. The largest absolute Gasteiger partial charge is 0.353 e. The van der Waals surface area contributed by atoms with Gasteiger partial charge in [-0.15, -0.1) is 0 Å². The highest BCUT2D eigenvalue weighted by molar-refractivity contribution is 6.22. The number of fused-ring (bicyclic) bond motifs is 7. The van der Waals surface area contributed by atoms with E-state index in [9.17, 15) is 0 Å². The van der Waals surface area contributed by atoms with Crippen LogP contribution in [0.4, 0.5) is 0 Å². The quantitative estimate of drug-likeness (QED) is 0.222. The number of nitrogens with zero attached hydrogens (tertiary/aromatic N) is 2. The highest BCUT2D eigenvalue weighted by Gasteiger charge is 2.18. The van der Waals surface area contributed by atoms with Crippen LogP contribution in [0.25, 0.3) is 77.3 Å². The van der Waals surface area contributed by atoms with Crippen molar-refractivity contribution in [1.29, 1.82) is 0 Å². The van der Waals surface area contributed by atoms with Crippen molar-refractivity contribution in [3.05, 3.63) is 151 Å². The Morgan fingerprint density at radius 2 is 1.40 bits per heavy atom. The molecule has 1 aliphatic rings. The Morgan fingerprint density at radius 3 is 2.27 bits per heavy atom. The van der Waals surface area contributed by atoms with E-state index in [0.717, 1.165) is 51.2 Å². The van der Waals surface area contributed by atoms with Crippen LogP contribution in [0.15, 0.2) is 146 Å². The minimum atomic E-state index is 0.553. The number of benzene rings is 5. The van der Waals surface area contributed by atoms with E-state index >= 15 is 0 Å². The first-order valence-corrected chi connectivity index (χ1v) is 15.7. The number of para-hydroxylation sites is 2. The minimum absolute atomic E-state index is 0.553. The predicted octanol–water partition coefficient (Wildman–Crippen LogP) is 11.1. The summed E-state index contributed by atoms with van der Waals surface area (Å²) in [4.78, 5) is 8.93. The lowest BCUT2D eigenvalue weighted by Gasteiger charge is -2.15. The van der Waals surface area contributed by atoms with Crippen LogP contribution < -0.4 is 0 Å². The van der Waals surface area contributed by atoms with Gasteiger partial charge in [-0.2, -0.15) is 0 Å². The first-order valence-electron chi connectivity index (χ1n) is 15.7. The lowest BCUT2D eigenvalue weighted by atomic mass is 9.94. The summed E-state index contributed by atoms with van der Waals surface area (Å²) in [6, 6.07) is 45.8. The maximum atomic E-state index is 5.16. The van der Waals surface area contributed by atoms with Crippen LogP contribution in [0.2, 0.25) is 0 Å². The number of rotatable bonds is 4. The number of pyridine rings is 1. The maximum Gasteiger partial charge on any atom is 0.0783 e. The van der Waals surface area contributed by atoms with Crippen molar-refractivity contribution in [2.45, 2.75) is 13.3 Å². The highest BCUT2D eigenvalue weighted by atomic mass is 15.0. The third-order valence-corrected chi connectivity index (χ3v) is 9.26. The smallest absolute Gasteiger partial charge is 0.0783 e. The van der Waals surface area contributed by atoms with Gasteiger partial charge in [0.05, 0.1) is 27.9 Å². The van der Waals surface area contributed by atoms with E-state index in [1.54, 1.807) is 0 Å². The van der Waals surface area contributed by atoms with Crippen molar-refractivity contribution >= 4 is 49.2 Å². The molecule has 5 aromatic carbocycles. The molecular weight excluding hydrogens is 546 g/mol. The number of aromatic amines is 1. The normalized spacial score (nSPS) is 15.0. The Bertz CT molecular complexity index is 2470. The summed E-state index contributed by atoms with van der Waals surface area (Å²) in [7, 11) is 0. The summed E-state index contributed by atoms with van der Waals surface area (Å²) < 4.78 is 2.43. The fraction of sp³-hybridized carbons (Fsp3) is 0.0714. The minimum Gasteiger partial charge on any atom is -0.353 e. The van der Waals surface area contributed by atoms with Gasteiger partial charge in [0.15, 0.2) is 0 Å². The third kappa shape index (κ3) is 4.23. The van der Waals surface area contributed by atoms with E-state index in [1.165, 1.54) is 38.2 Å². The molecule has 0 aliphatic heterocycles. The van der Waals surface area contributed by atoms with Crippen molar-refractivity contribution in [1.82, 2.24) is 14.5 Å². The molecule has 3 heteroatoms. The molecular formula is C42H31N3. The zero-order chi connectivity index (χ0) is 29.9. The van der Waals surface area contributed by atoms with E-state index < -0.39 is 0 Å². The zero-order valence-corrected chi connectivity index (χ0v) is 25.0. The van der Waals surface area contributed by atoms with Gasteiger partial charge in [0.1, 0.15) is 0 Å². The van der Waals surface area contributed by atoms with Crippen molar-refractivity contribution in [2.24, 2.45) is 5.92 Å². The molecule has 214 valence electrons. The van der Waals surface area contributed by atoms with Crippen molar-refractivity contribution in [3.8, 4) is 28.1 Å². The Kier molecular flexibility index (Phi) is 5.85. The number of hydrogen-bond donors (Lipinski definition) is 1. The van der Waals surface area contributed by atoms with Crippen molar-refractivity contribution < 1.29 is 0 Å². The van der Waals surface area contributed by atoms with E-state index in [-0.39, 0.29) is 0 Å². The maximum absolute atomic E-state index is 5.16. The third-order valence-electron chi connectivity index (χ3n) is 9.26. The zero-order valence-electron chi connectivity index (χ0n) is 25.0. The van der Waals surface area contributed by atoms with Crippen molar-refractivity contribution in [2.75, 3.05) is 0 Å². The van der Waals surface area contributed by atoms with Gasteiger partial charge in [-0.1, -0.05) is 116 Å². The van der Waals surface area contributed by atoms with Crippen LogP contribution >= 0.6 is 0 Å². The molecule has 1 aliphatic carbocycles. The van der Waals surface area contributed by atoms with Crippen LogP contribution in [-0.2, 0) is 0 Å². The van der Waals surface area contributed by atoms with Gasteiger partial charge in [-0.3, -0.25) is 0 Å². The number of aromatic nitrogens is 3. The summed E-state index contributed by atoms with van der Waals surface area (Å²) in [6.07, 6.45) is 7.88. The average Bonchev–Trinajstić information content (AvgIpc) is 3.65. The van der Waals surface area contributed by atoms with Gasteiger partial charge in [-0.25, -0.2) is 4.98 Å². The first-order chi connectivity index (χ1) is 22.2. The second-order valence-electron chi connectivity index (χ2n) is 12.2. The van der Waals surface area contributed by atoms with Crippen LogP contribution in [0, 0.1) is 5.92 Å². The number of hydrogen-bond acceptors (Lipinski definition) is 1. The van der Waals surface area contributed by atoms with Crippen LogP contribution in [-0.4, -0.2) is 14.5 Å². The molecule has 45 heavy (non-hydrogen) atoms. The van der Waals surface area contributed by atoms with Crippen LogP contribution in [0.1, 0.15) is 19.0 Å². The highest BCUT2D eigenvalue weighted by Crippen LogP contribution is 2.39. The number of H-pyrrole nitrogens is 1. The van der Waals surface area contributed by atoms with E-state index in [0.29, 0.717) is 5.92 Å². The van der Waals surface area contributed by atoms with Crippen LogP contribution in [0.5, 0.6) is 0 Å². The molecule has 3 heterocycles. The van der Waals surface area contributed by atoms with Gasteiger partial charge < -0.3 is 9.55 Å². The van der Waals surface area contributed by atoms with E-state index in [2.05, 4.69) is 162 Å². The number of allylic oxidation sites excluding steroid dienone is 4. The van der Waals surface area contributed by atoms with Gasteiger partial charge in [0.25, 0.3) is 0 Å². The molecule has 9 rings (SSSR count). The van der Waals surface area contributed by atoms with Crippen molar-refractivity contribution in [3.63, 3.8) is 0 Å². The molecule has 0 fully saturated rings. The molecule has 8 aromatic rings. The molecule has 1 unspecified atom stereocenters. The molecule has 1 atom stereocenters. The van der Waals surface area contributed by atoms with Gasteiger partial charge in [-0.05, 0) is 65.4 Å². The predicted molar refractivity (Wildman–Crippen MR) is 190 cm³/mol. The SMILES string of the molecule is CC1C=CC(c2cc(-c3cccc(-n4c5ccccc5c5ccc6c7ccccc7[nH]c6c54)c3)cc(-c3ccccc3)n2)=CC1.